The molecule has 2 heterocycles. The maximum atomic E-state index is 13.0. The summed E-state index contributed by atoms with van der Waals surface area (Å²) in [5.41, 5.74) is 2.55. The first kappa shape index (κ1) is 20.5. The number of nitrogens with zero attached hydrogens (tertiary/aromatic N) is 4. The van der Waals surface area contributed by atoms with E-state index in [1.54, 1.807) is 23.0 Å². The molecule has 0 aliphatic heterocycles. The van der Waals surface area contributed by atoms with E-state index in [0.29, 0.717) is 29.9 Å². The molecule has 0 atom stereocenters. The van der Waals surface area contributed by atoms with Crippen LogP contribution < -0.4 is 10.3 Å². The molecule has 4 rings (SSSR count). The quantitative estimate of drug-likeness (QED) is 0.458. The van der Waals surface area contributed by atoms with Gasteiger partial charge in [0.25, 0.3) is 5.56 Å². The summed E-state index contributed by atoms with van der Waals surface area (Å²) in [6.45, 7) is 0. The molecule has 0 aliphatic rings. The van der Waals surface area contributed by atoms with E-state index in [0.717, 1.165) is 23.4 Å². The van der Waals surface area contributed by atoms with Gasteiger partial charge < -0.3 is 9.30 Å². The molecular formula is C24H23FN4O2. The Labute approximate surface area is 179 Å². The summed E-state index contributed by atoms with van der Waals surface area (Å²) in [5, 5.41) is 4.14. The molecule has 0 N–H and O–H groups in total. The van der Waals surface area contributed by atoms with Gasteiger partial charge in [0.05, 0.1) is 6.20 Å². The largest absolute Gasteiger partial charge is 0.457 e. The molecule has 0 aliphatic carbocycles. The van der Waals surface area contributed by atoms with E-state index in [2.05, 4.69) is 10.1 Å². The first-order chi connectivity index (χ1) is 15.0. The number of halogens is 1. The van der Waals surface area contributed by atoms with Crippen LogP contribution in [0.25, 0.3) is 0 Å². The Balaban J connectivity index is 1.38. The SMILES string of the molecule is Cn1cc(Cc2cn(C)c(CCc3ccc(Oc4ccc(F)cc4)cc3)nc2=O)cn1. The molecule has 0 saturated heterocycles. The molecule has 0 fully saturated rings. The van der Waals surface area contributed by atoms with Crippen molar-refractivity contribution in [3.05, 3.63) is 106 Å². The fourth-order valence-corrected chi connectivity index (χ4v) is 3.39. The predicted octanol–water partition coefficient (Wildman–Crippen LogP) is 3.82. The molecule has 2 aromatic heterocycles. The Bertz CT molecular complexity index is 1230. The van der Waals surface area contributed by atoms with Crippen molar-refractivity contribution < 1.29 is 9.13 Å². The molecule has 0 radical (unpaired) electrons. The van der Waals surface area contributed by atoms with Crippen LogP contribution in [0.15, 0.2) is 71.9 Å². The van der Waals surface area contributed by atoms with Gasteiger partial charge in [0, 0.05) is 44.9 Å². The normalized spacial score (nSPS) is 10.9. The van der Waals surface area contributed by atoms with Crippen molar-refractivity contribution in [2.75, 3.05) is 0 Å². The van der Waals surface area contributed by atoms with E-state index in [-0.39, 0.29) is 11.4 Å². The van der Waals surface area contributed by atoms with Crippen molar-refractivity contribution in [2.24, 2.45) is 14.1 Å². The van der Waals surface area contributed by atoms with Gasteiger partial charge in [-0.25, -0.2) is 4.39 Å². The maximum absolute atomic E-state index is 13.0. The van der Waals surface area contributed by atoms with Gasteiger partial charge in [-0.1, -0.05) is 12.1 Å². The van der Waals surface area contributed by atoms with Gasteiger partial charge in [-0.2, -0.15) is 10.1 Å². The molecule has 4 aromatic rings. The Kier molecular flexibility index (Phi) is 5.93. The lowest BCUT2D eigenvalue weighted by atomic mass is 10.1. The third-order valence-electron chi connectivity index (χ3n) is 5.02. The lowest BCUT2D eigenvalue weighted by molar-refractivity contribution is 0.480. The molecule has 6 nitrogen and oxygen atoms in total. The van der Waals surface area contributed by atoms with Crippen LogP contribution in [-0.4, -0.2) is 19.3 Å². The fraction of sp³-hybridized carbons (Fsp3) is 0.208. The van der Waals surface area contributed by atoms with Gasteiger partial charge in [0.2, 0.25) is 0 Å². The van der Waals surface area contributed by atoms with E-state index < -0.39 is 0 Å². The second-order valence-corrected chi connectivity index (χ2v) is 7.50. The Morgan fingerprint density at radius 1 is 0.903 bits per heavy atom. The molecule has 0 unspecified atom stereocenters. The van der Waals surface area contributed by atoms with Crippen LogP contribution in [0.1, 0.15) is 22.5 Å². The average Bonchev–Trinajstić information content (AvgIpc) is 3.17. The molecule has 2 aromatic carbocycles. The number of aryl methyl sites for hydroxylation is 4. The highest BCUT2D eigenvalue weighted by Gasteiger charge is 2.09. The van der Waals surface area contributed by atoms with Crippen LogP contribution in [0.2, 0.25) is 0 Å². The molecule has 0 amide bonds. The highest BCUT2D eigenvalue weighted by Crippen LogP contribution is 2.22. The fourth-order valence-electron chi connectivity index (χ4n) is 3.39. The number of hydrogen-bond acceptors (Lipinski definition) is 4. The van der Waals surface area contributed by atoms with E-state index in [1.807, 2.05) is 55.3 Å². The number of rotatable bonds is 7. The Morgan fingerprint density at radius 2 is 1.58 bits per heavy atom. The molecule has 0 saturated carbocycles. The van der Waals surface area contributed by atoms with Gasteiger partial charge in [0.1, 0.15) is 23.1 Å². The number of aromatic nitrogens is 4. The number of hydrogen-bond donors (Lipinski definition) is 0. The third-order valence-corrected chi connectivity index (χ3v) is 5.02. The van der Waals surface area contributed by atoms with Crippen LogP contribution in [0.3, 0.4) is 0 Å². The third kappa shape index (κ3) is 5.25. The van der Waals surface area contributed by atoms with Crippen LogP contribution >= 0.6 is 0 Å². The van der Waals surface area contributed by atoms with E-state index in [4.69, 9.17) is 4.74 Å². The monoisotopic (exact) mass is 418 g/mol. The van der Waals surface area contributed by atoms with Gasteiger partial charge >= 0.3 is 0 Å². The minimum Gasteiger partial charge on any atom is -0.457 e. The van der Waals surface area contributed by atoms with Crippen LogP contribution in [0.4, 0.5) is 4.39 Å². The summed E-state index contributed by atoms with van der Waals surface area (Å²) >= 11 is 0. The zero-order valence-electron chi connectivity index (χ0n) is 17.5. The second-order valence-electron chi connectivity index (χ2n) is 7.50. The van der Waals surface area contributed by atoms with Gasteiger partial charge in [0.15, 0.2) is 0 Å². The summed E-state index contributed by atoms with van der Waals surface area (Å²) in [6.07, 6.45) is 7.43. The maximum Gasteiger partial charge on any atom is 0.276 e. The molecule has 0 bridgehead atoms. The average molecular weight is 418 g/mol. The van der Waals surface area contributed by atoms with Crippen molar-refractivity contribution >= 4 is 0 Å². The van der Waals surface area contributed by atoms with Crippen molar-refractivity contribution in [2.45, 2.75) is 19.3 Å². The van der Waals surface area contributed by atoms with Crippen LogP contribution in [-0.2, 0) is 33.4 Å². The minimum absolute atomic E-state index is 0.194. The molecule has 0 spiro atoms. The first-order valence-corrected chi connectivity index (χ1v) is 10.0. The highest BCUT2D eigenvalue weighted by atomic mass is 19.1. The Hall–Kier alpha value is -3.74. The molecular weight excluding hydrogens is 395 g/mol. The van der Waals surface area contributed by atoms with E-state index >= 15 is 0 Å². The minimum atomic E-state index is -0.296. The lowest BCUT2D eigenvalue weighted by Crippen LogP contribution is -2.20. The molecule has 158 valence electrons. The number of ether oxygens (including phenoxy) is 1. The van der Waals surface area contributed by atoms with E-state index in [1.165, 1.54) is 12.1 Å². The van der Waals surface area contributed by atoms with Gasteiger partial charge in [-0.05, 0) is 53.9 Å². The Morgan fingerprint density at radius 3 is 2.23 bits per heavy atom. The van der Waals surface area contributed by atoms with Crippen molar-refractivity contribution in [1.82, 2.24) is 19.3 Å². The van der Waals surface area contributed by atoms with Gasteiger partial charge in [-0.3, -0.25) is 9.48 Å². The van der Waals surface area contributed by atoms with Crippen molar-refractivity contribution in [3.8, 4) is 11.5 Å². The highest BCUT2D eigenvalue weighted by molar-refractivity contribution is 5.33. The first-order valence-electron chi connectivity index (χ1n) is 10.0. The zero-order valence-corrected chi connectivity index (χ0v) is 17.5. The summed E-state index contributed by atoms with van der Waals surface area (Å²) in [6, 6.07) is 13.6. The lowest BCUT2D eigenvalue weighted by Gasteiger charge is -2.10. The van der Waals surface area contributed by atoms with Crippen molar-refractivity contribution in [3.63, 3.8) is 0 Å². The van der Waals surface area contributed by atoms with Gasteiger partial charge in [-0.15, -0.1) is 0 Å². The second kappa shape index (κ2) is 8.95. The standard InChI is InChI=1S/C24H23FN4O2/c1-28-16-19(13-18-14-26-29(2)15-18)24(30)27-23(28)12-5-17-3-8-21(9-4-17)31-22-10-6-20(25)7-11-22/h3-4,6-11,14-16H,5,12-13H2,1-2H3. The zero-order chi connectivity index (χ0) is 21.8. The molecule has 31 heavy (non-hydrogen) atoms. The summed E-state index contributed by atoms with van der Waals surface area (Å²) in [7, 11) is 3.76. The van der Waals surface area contributed by atoms with E-state index in [9.17, 15) is 9.18 Å². The van der Waals surface area contributed by atoms with Crippen LogP contribution in [0, 0.1) is 5.82 Å². The number of benzene rings is 2. The summed E-state index contributed by atoms with van der Waals surface area (Å²) in [4.78, 5) is 16.8. The summed E-state index contributed by atoms with van der Waals surface area (Å²) in [5.74, 6) is 1.71. The smallest absolute Gasteiger partial charge is 0.276 e. The molecule has 7 heteroatoms. The summed E-state index contributed by atoms with van der Waals surface area (Å²) < 4.78 is 22.3. The van der Waals surface area contributed by atoms with Crippen LogP contribution in [0.5, 0.6) is 11.5 Å². The topological polar surface area (TPSA) is 61.9 Å². The van der Waals surface area contributed by atoms with Crippen molar-refractivity contribution in [1.29, 1.82) is 0 Å². The predicted molar refractivity (Wildman–Crippen MR) is 116 cm³/mol.